The van der Waals surface area contributed by atoms with E-state index in [1.54, 1.807) is 57.2 Å². The molecular formula is C32H32N4O6S. The maximum absolute atomic E-state index is 14.8. The second-order valence-electron chi connectivity index (χ2n) is 11.4. The SMILES string of the molecule is CC(C)(C)OC(=O)N[C@@H](CCC(N)=O)C(=O)C(C(=S)n1c(=O)[nH]c2ccccc21)C1c2ccccc2Oc2ccccc21. The molecule has 2 atom stereocenters. The van der Waals surface area contributed by atoms with E-state index in [1.807, 2.05) is 36.4 Å². The molecule has 0 bridgehead atoms. The van der Waals surface area contributed by atoms with Crippen molar-refractivity contribution in [2.75, 3.05) is 0 Å². The molecule has 1 unspecified atom stereocenters. The normalized spacial score (nSPS) is 14.1. The number of aromatic nitrogens is 2. The van der Waals surface area contributed by atoms with E-state index < -0.39 is 47.0 Å². The van der Waals surface area contributed by atoms with Crippen molar-refractivity contribution in [2.24, 2.45) is 11.7 Å². The van der Waals surface area contributed by atoms with E-state index in [0.717, 1.165) is 0 Å². The molecule has 43 heavy (non-hydrogen) atoms. The lowest BCUT2D eigenvalue weighted by atomic mass is 9.74. The summed E-state index contributed by atoms with van der Waals surface area (Å²) in [4.78, 5) is 55.7. The van der Waals surface area contributed by atoms with E-state index in [9.17, 15) is 19.2 Å². The number of benzene rings is 3. The lowest BCUT2D eigenvalue weighted by Gasteiger charge is -2.35. The highest BCUT2D eigenvalue weighted by Gasteiger charge is 2.43. The number of hydrogen-bond donors (Lipinski definition) is 3. The van der Waals surface area contributed by atoms with Gasteiger partial charge >= 0.3 is 11.8 Å². The van der Waals surface area contributed by atoms with Crippen LogP contribution in [-0.2, 0) is 14.3 Å². The molecule has 1 aliphatic rings. The minimum absolute atomic E-state index is 0.0269. The fourth-order valence-electron chi connectivity index (χ4n) is 5.39. The number of thiocarbonyl (C=S) groups is 1. The van der Waals surface area contributed by atoms with Gasteiger partial charge in [0.1, 0.15) is 22.1 Å². The Morgan fingerprint density at radius 3 is 2.19 bits per heavy atom. The van der Waals surface area contributed by atoms with Crippen LogP contribution in [0.5, 0.6) is 11.5 Å². The first-order valence-electron chi connectivity index (χ1n) is 13.9. The molecule has 0 saturated carbocycles. The number of fused-ring (bicyclic) bond motifs is 3. The Kier molecular flexibility index (Phi) is 8.19. The molecule has 2 heterocycles. The van der Waals surface area contributed by atoms with Crippen LogP contribution in [0.15, 0.2) is 77.6 Å². The van der Waals surface area contributed by atoms with Crippen LogP contribution in [0.1, 0.15) is 50.7 Å². The number of primary amides is 1. The fourth-order valence-corrected chi connectivity index (χ4v) is 5.82. The first-order valence-corrected chi connectivity index (χ1v) is 14.3. The Hall–Kier alpha value is -4.77. The van der Waals surface area contributed by atoms with E-state index in [1.165, 1.54) is 4.57 Å². The zero-order valence-corrected chi connectivity index (χ0v) is 24.8. The first kappa shape index (κ1) is 29.7. The molecule has 1 aromatic heterocycles. The Morgan fingerprint density at radius 2 is 1.58 bits per heavy atom. The average molecular weight is 601 g/mol. The van der Waals surface area contributed by atoms with Gasteiger partial charge in [-0.15, -0.1) is 0 Å². The van der Waals surface area contributed by atoms with Crippen molar-refractivity contribution in [3.05, 3.63) is 94.4 Å². The molecule has 0 fully saturated rings. The van der Waals surface area contributed by atoms with Gasteiger partial charge in [-0.2, -0.15) is 0 Å². The number of nitrogens with zero attached hydrogens (tertiary/aromatic N) is 1. The lowest BCUT2D eigenvalue weighted by molar-refractivity contribution is -0.124. The minimum atomic E-state index is -1.21. The summed E-state index contributed by atoms with van der Waals surface area (Å²) in [6, 6.07) is 20.4. The van der Waals surface area contributed by atoms with Crippen molar-refractivity contribution in [3.63, 3.8) is 0 Å². The number of amides is 2. The van der Waals surface area contributed by atoms with Crippen LogP contribution >= 0.6 is 12.2 Å². The van der Waals surface area contributed by atoms with Crippen molar-refractivity contribution in [2.45, 2.75) is 51.2 Å². The number of rotatable bonds is 8. The highest BCUT2D eigenvalue weighted by Crippen LogP contribution is 2.48. The molecule has 0 aliphatic carbocycles. The quantitative estimate of drug-likeness (QED) is 0.247. The van der Waals surface area contributed by atoms with Crippen LogP contribution in [0.3, 0.4) is 0 Å². The number of carbonyl (C=O) groups excluding carboxylic acids is 3. The Balaban J connectivity index is 1.69. The molecule has 10 nitrogen and oxygen atoms in total. The number of nitrogens with two attached hydrogens (primary N) is 1. The van der Waals surface area contributed by atoms with Gasteiger partial charge in [-0.1, -0.05) is 60.7 Å². The zero-order chi connectivity index (χ0) is 30.9. The number of para-hydroxylation sites is 4. The highest BCUT2D eigenvalue weighted by molar-refractivity contribution is 7.80. The van der Waals surface area contributed by atoms with Crippen LogP contribution < -0.4 is 21.5 Å². The number of ketones is 1. The molecule has 5 rings (SSSR count). The third-order valence-corrected chi connectivity index (χ3v) is 7.59. The number of H-pyrrole nitrogens is 1. The number of carbonyl (C=O) groups is 3. The molecule has 3 aromatic carbocycles. The van der Waals surface area contributed by atoms with Gasteiger partial charge in [0.25, 0.3) is 0 Å². The molecule has 222 valence electrons. The van der Waals surface area contributed by atoms with Crippen molar-refractivity contribution in [1.82, 2.24) is 14.9 Å². The van der Waals surface area contributed by atoms with Crippen molar-refractivity contribution >= 4 is 46.0 Å². The van der Waals surface area contributed by atoms with Gasteiger partial charge in [0.05, 0.1) is 23.0 Å². The third-order valence-electron chi connectivity index (χ3n) is 7.16. The van der Waals surface area contributed by atoms with Gasteiger partial charge in [0.2, 0.25) is 5.91 Å². The van der Waals surface area contributed by atoms with Gasteiger partial charge in [0, 0.05) is 23.5 Å². The van der Waals surface area contributed by atoms with E-state index in [2.05, 4.69) is 10.3 Å². The first-order chi connectivity index (χ1) is 20.4. The smallest absolute Gasteiger partial charge is 0.408 e. The Bertz CT molecular complexity index is 1740. The average Bonchev–Trinajstić information content (AvgIpc) is 3.29. The maximum atomic E-state index is 14.8. The summed E-state index contributed by atoms with van der Waals surface area (Å²) >= 11 is 6.03. The molecular weight excluding hydrogens is 568 g/mol. The number of aromatic amines is 1. The van der Waals surface area contributed by atoms with Crippen LogP contribution in [0.2, 0.25) is 0 Å². The molecule has 0 saturated heterocycles. The van der Waals surface area contributed by atoms with Crippen LogP contribution in [0.25, 0.3) is 11.0 Å². The number of hydrogen-bond acceptors (Lipinski definition) is 7. The molecule has 11 heteroatoms. The lowest BCUT2D eigenvalue weighted by Crippen LogP contribution is -2.50. The molecule has 4 aromatic rings. The molecule has 0 radical (unpaired) electrons. The monoisotopic (exact) mass is 600 g/mol. The summed E-state index contributed by atoms with van der Waals surface area (Å²) in [5.74, 6) is -1.94. The van der Waals surface area contributed by atoms with Crippen molar-refractivity contribution in [1.29, 1.82) is 0 Å². The molecule has 0 spiro atoms. The summed E-state index contributed by atoms with van der Waals surface area (Å²) in [7, 11) is 0. The van der Waals surface area contributed by atoms with E-state index >= 15 is 0 Å². The second kappa shape index (κ2) is 11.8. The molecule has 1 aliphatic heterocycles. The highest BCUT2D eigenvalue weighted by atomic mass is 32.1. The van der Waals surface area contributed by atoms with Gasteiger partial charge < -0.3 is 25.5 Å². The van der Waals surface area contributed by atoms with Gasteiger partial charge in [-0.25, -0.2) is 9.59 Å². The third kappa shape index (κ3) is 6.21. The standard InChI is InChI=1S/C32H32N4O6S/c1-32(2,3)42-31(40)35-21(16-17-25(33)37)28(38)27(29(43)36-22-13-7-6-12-20(22)34-30(36)39)26-18-10-4-8-14-23(18)41-24-15-9-5-11-19(24)26/h4-15,21,26-27H,16-17H2,1-3H3,(H2,33,37)(H,34,39)(H,35,40)/t21-,27?/m0/s1. The largest absolute Gasteiger partial charge is 0.457 e. The van der Waals surface area contributed by atoms with Crippen LogP contribution in [-0.4, -0.2) is 44.0 Å². The number of alkyl carbamates (subject to hydrolysis) is 1. The van der Waals surface area contributed by atoms with Crippen LogP contribution in [0.4, 0.5) is 4.79 Å². The Labute approximate surface area is 253 Å². The summed E-state index contributed by atoms with van der Waals surface area (Å²) in [5, 5.41) is 2.64. The topological polar surface area (TPSA) is 146 Å². The van der Waals surface area contributed by atoms with Crippen molar-refractivity contribution < 1.29 is 23.9 Å². The zero-order valence-electron chi connectivity index (χ0n) is 24.0. The molecule has 4 N–H and O–H groups in total. The van der Waals surface area contributed by atoms with Gasteiger partial charge in [-0.05, 0) is 51.5 Å². The summed E-state index contributed by atoms with van der Waals surface area (Å²) in [5.41, 5.74) is 6.51. The number of Topliss-reactive ketones (excluding diaryl/α,β-unsaturated/α-hetero) is 1. The van der Waals surface area contributed by atoms with E-state index in [4.69, 9.17) is 27.4 Å². The van der Waals surface area contributed by atoms with Crippen molar-refractivity contribution in [3.8, 4) is 11.5 Å². The second-order valence-corrected chi connectivity index (χ2v) is 11.8. The maximum Gasteiger partial charge on any atom is 0.408 e. The number of ether oxygens (including phenoxy) is 2. The van der Waals surface area contributed by atoms with E-state index in [-0.39, 0.29) is 17.8 Å². The Morgan fingerprint density at radius 1 is 1.00 bits per heavy atom. The molecule has 2 amide bonds. The van der Waals surface area contributed by atoms with Gasteiger partial charge in [0.15, 0.2) is 5.78 Å². The van der Waals surface area contributed by atoms with Gasteiger partial charge in [-0.3, -0.25) is 14.2 Å². The fraction of sp³-hybridized carbons (Fsp3) is 0.281. The summed E-state index contributed by atoms with van der Waals surface area (Å²) < 4.78 is 12.9. The minimum Gasteiger partial charge on any atom is -0.457 e. The van der Waals surface area contributed by atoms with E-state index in [0.29, 0.717) is 33.7 Å². The number of nitrogens with one attached hydrogen (secondary N) is 2. The summed E-state index contributed by atoms with van der Waals surface area (Å²) in [6.45, 7) is 5.10. The predicted molar refractivity (Wildman–Crippen MR) is 165 cm³/mol. The summed E-state index contributed by atoms with van der Waals surface area (Å²) in [6.07, 6.45) is -1.11. The van der Waals surface area contributed by atoms with Crippen LogP contribution in [0, 0.1) is 5.92 Å². The predicted octanol–water partition coefficient (Wildman–Crippen LogP) is 4.79. The number of imidazole rings is 1.